The van der Waals surface area contributed by atoms with Crippen molar-refractivity contribution in [3.05, 3.63) is 0 Å². The Labute approximate surface area is 94.0 Å². The molecule has 3 aliphatic rings. The van der Waals surface area contributed by atoms with Crippen LogP contribution in [-0.4, -0.2) is 43.8 Å². The van der Waals surface area contributed by atoms with Gasteiger partial charge in [0.05, 0.1) is 18.6 Å². The molecule has 5 heteroatoms. The van der Waals surface area contributed by atoms with E-state index in [4.69, 9.17) is 18.9 Å². The van der Waals surface area contributed by atoms with Gasteiger partial charge in [-0.15, -0.1) is 0 Å². The van der Waals surface area contributed by atoms with Crippen molar-refractivity contribution in [2.75, 3.05) is 13.7 Å². The molecule has 3 saturated heterocycles. The maximum atomic E-state index is 11.4. The molecule has 4 atom stereocenters. The molecule has 5 nitrogen and oxygen atoms in total. The van der Waals surface area contributed by atoms with Gasteiger partial charge in [-0.25, -0.2) is 0 Å². The summed E-state index contributed by atoms with van der Waals surface area (Å²) >= 11 is 0. The topological polar surface area (TPSA) is 54.0 Å². The Hall–Kier alpha value is -0.650. The first-order chi connectivity index (χ1) is 7.73. The summed E-state index contributed by atoms with van der Waals surface area (Å²) in [6, 6.07) is 0. The number of hydrogen-bond donors (Lipinski definition) is 0. The zero-order valence-corrected chi connectivity index (χ0v) is 9.31. The monoisotopic (exact) mass is 228 g/mol. The Morgan fingerprint density at radius 1 is 1.44 bits per heavy atom. The van der Waals surface area contributed by atoms with Crippen LogP contribution in [0, 0.1) is 0 Å². The number of carbonyl (C=O) groups excluding carboxylic acids is 1. The van der Waals surface area contributed by atoms with Crippen LogP contribution in [0.4, 0.5) is 0 Å². The molecule has 0 bridgehead atoms. The lowest BCUT2D eigenvalue weighted by Gasteiger charge is -2.45. The van der Waals surface area contributed by atoms with E-state index in [0.717, 1.165) is 19.4 Å². The van der Waals surface area contributed by atoms with Crippen molar-refractivity contribution < 1.29 is 23.7 Å². The van der Waals surface area contributed by atoms with Gasteiger partial charge in [-0.1, -0.05) is 0 Å². The molecule has 90 valence electrons. The van der Waals surface area contributed by atoms with Gasteiger partial charge in [-0.2, -0.15) is 0 Å². The Bertz CT molecular complexity index is 305. The molecule has 0 aliphatic carbocycles. The zero-order valence-electron chi connectivity index (χ0n) is 9.31. The molecule has 3 rings (SSSR count). The molecule has 0 saturated carbocycles. The fourth-order valence-corrected chi connectivity index (χ4v) is 2.84. The van der Waals surface area contributed by atoms with E-state index in [-0.39, 0.29) is 30.7 Å². The SMILES string of the molecule is CO[C@]12C[C@H]3OCCC[C@@H]3O[C@H]1CC(=O)O2. The fraction of sp³-hybridized carbons (Fsp3) is 0.909. The maximum absolute atomic E-state index is 11.4. The van der Waals surface area contributed by atoms with Gasteiger partial charge in [0.15, 0.2) is 0 Å². The van der Waals surface area contributed by atoms with Gasteiger partial charge in [0.25, 0.3) is 0 Å². The van der Waals surface area contributed by atoms with Crippen LogP contribution in [0.5, 0.6) is 0 Å². The highest BCUT2D eigenvalue weighted by molar-refractivity contribution is 5.73. The van der Waals surface area contributed by atoms with Crippen LogP contribution < -0.4 is 0 Å². The number of methoxy groups -OCH3 is 1. The van der Waals surface area contributed by atoms with Crippen molar-refractivity contribution in [3.63, 3.8) is 0 Å². The third kappa shape index (κ3) is 1.46. The minimum absolute atomic E-state index is 0.00384. The van der Waals surface area contributed by atoms with E-state index in [1.54, 1.807) is 7.11 Å². The third-order valence-corrected chi connectivity index (χ3v) is 3.68. The summed E-state index contributed by atoms with van der Waals surface area (Å²) < 4.78 is 22.2. The predicted octanol–water partition coefficient (Wildman–Crippen LogP) is 0.612. The quantitative estimate of drug-likeness (QED) is 0.615. The summed E-state index contributed by atoms with van der Waals surface area (Å²) in [6.45, 7) is 0.753. The van der Waals surface area contributed by atoms with Crippen LogP contribution in [0.25, 0.3) is 0 Å². The summed E-state index contributed by atoms with van der Waals surface area (Å²) in [5.41, 5.74) is 0. The zero-order chi connectivity index (χ0) is 11.2. The van der Waals surface area contributed by atoms with Crippen LogP contribution in [-0.2, 0) is 23.7 Å². The summed E-state index contributed by atoms with van der Waals surface area (Å²) in [5.74, 6) is -1.15. The molecule has 0 spiro atoms. The Balaban J connectivity index is 1.83. The second-order valence-corrected chi connectivity index (χ2v) is 4.61. The predicted molar refractivity (Wildman–Crippen MR) is 52.7 cm³/mol. The first-order valence-electron chi connectivity index (χ1n) is 5.77. The fourth-order valence-electron chi connectivity index (χ4n) is 2.84. The molecule has 0 aromatic carbocycles. The molecule has 3 fully saturated rings. The maximum Gasteiger partial charge on any atom is 0.311 e. The minimum atomic E-state index is -0.907. The number of esters is 1. The lowest BCUT2D eigenvalue weighted by atomic mass is 9.91. The van der Waals surface area contributed by atoms with E-state index in [2.05, 4.69) is 0 Å². The van der Waals surface area contributed by atoms with E-state index in [1.165, 1.54) is 0 Å². The van der Waals surface area contributed by atoms with Crippen LogP contribution in [0.15, 0.2) is 0 Å². The summed E-state index contributed by atoms with van der Waals surface area (Å²) in [4.78, 5) is 11.4. The van der Waals surface area contributed by atoms with Crippen molar-refractivity contribution in [3.8, 4) is 0 Å². The Morgan fingerprint density at radius 2 is 2.31 bits per heavy atom. The molecule has 16 heavy (non-hydrogen) atoms. The molecule has 0 aromatic rings. The van der Waals surface area contributed by atoms with E-state index < -0.39 is 5.79 Å². The second kappa shape index (κ2) is 3.68. The van der Waals surface area contributed by atoms with E-state index in [0.29, 0.717) is 6.42 Å². The highest BCUT2D eigenvalue weighted by atomic mass is 16.7. The number of carbonyl (C=O) groups is 1. The second-order valence-electron chi connectivity index (χ2n) is 4.61. The number of fused-ring (bicyclic) bond motifs is 2. The number of hydrogen-bond acceptors (Lipinski definition) is 5. The highest BCUT2D eigenvalue weighted by Gasteiger charge is 2.57. The van der Waals surface area contributed by atoms with Crippen molar-refractivity contribution in [2.45, 2.75) is 49.8 Å². The lowest BCUT2D eigenvalue weighted by Crippen LogP contribution is -2.56. The van der Waals surface area contributed by atoms with Gasteiger partial charge in [-0.3, -0.25) is 4.79 Å². The van der Waals surface area contributed by atoms with Crippen LogP contribution in [0.2, 0.25) is 0 Å². The average molecular weight is 228 g/mol. The van der Waals surface area contributed by atoms with Gasteiger partial charge < -0.3 is 18.9 Å². The smallest absolute Gasteiger partial charge is 0.311 e. The Morgan fingerprint density at radius 3 is 3.12 bits per heavy atom. The van der Waals surface area contributed by atoms with E-state index in [1.807, 2.05) is 0 Å². The largest absolute Gasteiger partial charge is 0.430 e. The molecule has 0 N–H and O–H groups in total. The van der Waals surface area contributed by atoms with Gasteiger partial charge in [-0.05, 0) is 12.8 Å². The molecular formula is C11H16O5. The molecule has 0 radical (unpaired) electrons. The lowest BCUT2D eigenvalue weighted by molar-refractivity contribution is -0.304. The normalized spacial score (nSPS) is 47.1. The van der Waals surface area contributed by atoms with E-state index >= 15 is 0 Å². The summed E-state index contributed by atoms with van der Waals surface area (Å²) in [5, 5.41) is 0. The van der Waals surface area contributed by atoms with Crippen LogP contribution >= 0.6 is 0 Å². The van der Waals surface area contributed by atoms with Crippen molar-refractivity contribution >= 4 is 5.97 Å². The van der Waals surface area contributed by atoms with Crippen molar-refractivity contribution in [1.82, 2.24) is 0 Å². The molecular weight excluding hydrogens is 212 g/mol. The number of rotatable bonds is 1. The summed E-state index contributed by atoms with van der Waals surface area (Å²) in [6.07, 6.45) is 2.71. The molecule has 0 amide bonds. The molecule has 0 unspecified atom stereocenters. The van der Waals surface area contributed by atoms with Crippen molar-refractivity contribution in [2.24, 2.45) is 0 Å². The first kappa shape index (κ1) is 10.5. The van der Waals surface area contributed by atoms with Gasteiger partial charge in [0.1, 0.15) is 6.10 Å². The average Bonchev–Trinajstić information content (AvgIpc) is 2.61. The molecule has 3 heterocycles. The van der Waals surface area contributed by atoms with E-state index in [9.17, 15) is 4.79 Å². The Kier molecular flexibility index (Phi) is 2.42. The van der Waals surface area contributed by atoms with Gasteiger partial charge in [0.2, 0.25) is 5.79 Å². The number of ether oxygens (including phenoxy) is 4. The first-order valence-corrected chi connectivity index (χ1v) is 5.77. The third-order valence-electron chi connectivity index (χ3n) is 3.68. The molecule has 0 aromatic heterocycles. The van der Waals surface area contributed by atoms with Gasteiger partial charge >= 0.3 is 5.97 Å². The van der Waals surface area contributed by atoms with Crippen molar-refractivity contribution in [1.29, 1.82) is 0 Å². The highest BCUT2D eigenvalue weighted by Crippen LogP contribution is 2.42. The van der Waals surface area contributed by atoms with Gasteiger partial charge in [0, 0.05) is 20.1 Å². The van der Waals surface area contributed by atoms with Crippen LogP contribution in [0.3, 0.4) is 0 Å². The molecule has 3 aliphatic heterocycles. The summed E-state index contributed by atoms with van der Waals surface area (Å²) in [7, 11) is 1.55. The van der Waals surface area contributed by atoms with Crippen LogP contribution in [0.1, 0.15) is 25.7 Å². The standard InChI is InChI=1S/C11H16O5/c1-13-11-6-8-7(3-2-4-14-8)15-9(11)5-10(12)16-11/h7-9H,2-6H2,1H3/t7-,8+,9-,11-/m0/s1. The minimum Gasteiger partial charge on any atom is -0.430 e.